The molecular weight excluding hydrogens is 309 g/mol. The van der Waals surface area contributed by atoms with Gasteiger partial charge in [-0.05, 0) is 36.6 Å². The standard InChI is InChI=1S/C18H20FN3O2/c19-15-3-1-14(2-4-15)11-18(23)22-9-10-24-17(12-22)6-5-16-7-8-20-13-21-16/h1-4,7-8,13,17H,5-6,9-12H2/t17-/m1/s1. The first-order valence-corrected chi connectivity index (χ1v) is 8.09. The number of carbonyl (C=O) groups excluding carboxylic acids is 1. The predicted octanol–water partition coefficient (Wildman–Crippen LogP) is 2.02. The molecule has 0 unspecified atom stereocenters. The minimum Gasteiger partial charge on any atom is -0.375 e. The highest BCUT2D eigenvalue weighted by Crippen LogP contribution is 2.13. The summed E-state index contributed by atoms with van der Waals surface area (Å²) in [5.74, 6) is -0.237. The topological polar surface area (TPSA) is 55.3 Å². The van der Waals surface area contributed by atoms with Crippen molar-refractivity contribution < 1.29 is 13.9 Å². The van der Waals surface area contributed by atoms with Gasteiger partial charge in [-0.1, -0.05) is 12.1 Å². The zero-order chi connectivity index (χ0) is 16.8. The number of hydrogen-bond acceptors (Lipinski definition) is 4. The second kappa shape index (κ2) is 7.97. The van der Waals surface area contributed by atoms with Gasteiger partial charge in [0.1, 0.15) is 12.1 Å². The Kier molecular flexibility index (Phi) is 5.48. The lowest BCUT2D eigenvalue weighted by molar-refractivity contribution is -0.138. The molecule has 2 heterocycles. The third-order valence-electron chi connectivity index (χ3n) is 4.13. The summed E-state index contributed by atoms with van der Waals surface area (Å²) in [6.07, 6.45) is 5.19. The lowest BCUT2D eigenvalue weighted by atomic mass is 10.1. The van der Waals surface area contributed by atoms with E-state index in [9.17, 15) is 9.18 Å². The van der Waals surface area contributed by atoms with Gasteiger partial charge in [-0.25, -0.2) is 14.4 Å². The summed E-state index contributed by atoms with van der Waals surface area (Å²) in [6.45, 7) is 1.73. The Morgan fingerprint density at radius 1 is 1.29 bits per heavy atom. The Bertz CT molecular complexity index is 664. The van der Waals surface area contributed by atoms with Gasteiger partial charge in [-0.3, -0.25) is 4.79 Å². The first-order valence-electron chi connectivity index (χ1n) is 8.09. The van der Waals surface area contributed by atoms with Gasteiger partial charge in [0, 0.05) is 25.0 Å². The Hall–Kier alpha value is -2.34. The van der Waals surface area contributed by atoms with Crippen LogP contribution in [0.25, 0.3) is 0 Å². The van der Waals surface area contributed by atoms with Crippen molar-refractivity contribution in [2.45, 2.75) is 25.4 Å². The van der Waals surface area contributed by atoms with Crippen molar-refractivity contribution in [3.8, 4) is 0 Å². The number of rotatable bonds is 5. The highest BCUT2D eigenvalue weighted by atomic mass is 19.1. The molecule has 1 amide bonds. The first-order chi connectivity index (χ1) is 11.7. The van der Waals surface area contributed by atoms with E-state index in [1.54, 1.807) is 18.3 Å². The molecule has 0 aliphatic carbocycles. The Labute approximate surface area is 140 Å². The highest BCUT2D eigenvalue weighted by Gasteiger charge is 2.24. The summed E-state index contributed by atoms with van der Waals surface area (Å²) >= 11 is 0. The molecule has 0 radical (unpaired) electrons. The van der Waals surface area contributed by atoms with Crippen molar-refractivity contribution in [3.63, 3.8) is 0 Å². The predicted molar refractivity (Wildman–Crippen MR) is 86.8 cm³/mol. The SMILES string of the molecule is O=C(Cc1ccc(F)cc1)N1CCO[C@H](CCc2ccncn2)C1. The average molecular weight is 329 g/mol. The number of morpholine rings is 1. The maximum Gasteiger partial charge on any atom is 0.227 e. The van der Waals surface area contributed by atoms with Crippen molar-refractivity contribution in [2.75, 3.05) is 19.7 Å². The van der Waals surface area contributed by atoms with Gasteiger partial charge >= 0.3 is 0 Å². The van der Waals surface area contributed by atoms with Crippen LogP contribution in [-0.4, -0.2) is 46.6 Å². The summed E-state index contributed by atoms with van der Waals surface area (Å²) in [5.41, 5.74) is 1.80. The van der Waals surface area contributed by atoms with Crippen LogP contribution < -0.4 is 0 Å². The molecule has 0 N–H and O–H groups in total. The average Bonchev–Trinajstić information content (AvgIpc) is 2.63. The third-order valence-corrected chi connectivity index (χ3v) is 4.13. The second-order valence-electron chi connectivity index (χ2n) is 5.88. The van der Waals surface area contributed by atoms with Gasteiger partial charge in [0.15, 0.2) is 0 Å². The van der Waals surface area contributed by atoms with Gasteiger partial charge in [0.05, 0.1) is 19.1 Å². The third kappa shape index (κ3) is 4.58. The van der Waals surface area contributed by atoms with E-state index in [1.165, 1.54) is 18.5 Å². The molecule has 126 valence electrons. The van der Waals surface area contributed by atoms with E-state index in [4.69, 9.17) is 4.74 Å². The smallest absolute Gasteiger partial charge is 0.227 e. The number of carbonyl (C=O) groups is 1. The van der Waals surface area contributed by atoms with E-state index in [1.807, 2.05) is 11.0 Å². The molecule has 1 aliphatic rings. The quantitative estimate of drug-likeness (QED) is 0.842. The molecular formula is C18H20FN3O2. The van der Waals surface area contributed by atoms with Gasteiger partial charge in [0.2, 0.25) is 5.91 Å². The molecule has 0 spiro atoms. The summed E-state index contributed by atoms with van der Waals surface area (Å²) in [4.78, 5) is 22.4. The summed E-state index contributed by atoms with van der Waals surface area (Å²) in [5, 5.41) is 0. The van der Waals surface area contributed by atoms with Crippen molar-refractivity contribution in [1.82, 2.24) is 14.9 Å². The summed E-state index contributed by atoms with van der Waals surface area (Å²) in [6, 6.07) is 7.96. The number of halogens is 1. The molecule has 1 aliphatic heterocycles. The van der Waals surface area contributed by atoms with E-state index in [-0.39, 0.29) is 17.8 Å². The number of hydrogen-bond donors (Lipinski definition) is 0. The van der Waals surface area contributed by atoms with Crippen LogP contribution >= 0.6 is 0 Å². The normalized spacial score (nSPS) is 17.7. The van der Waals surface area contributed by atoms with Gasteiger partial charge in [-0.2, -0.15) is 0 Å². The van der Waals surface area contributed by atoms with Crippen LogP contribution in [0.2, 0.25) is 0 Å². The zero-order valence-electron chi connectivity index (χ0n) is 13.4. The number of ether oxygens (including phenoxy) is 1. The molecule has 1 atom stereocenters. The van der Waals surface area contributed by atoms with Gasteiger partial charge in [-0.15, -0.1) is 0 Å². The van der Waals surface area contributed by atoms with Crippen LogP contribution in [0.15, 0.2) is 42.9 Å². The Morgan fingerprint density at radius 3 is 2.88 bits per heavy atom. The molecule has 6 heteroatoms. The number of aryl methyl sites for hydroxylation is 1. The summed E-state index contributed by atoms with van der Waals surface area (Å²) in [7, 11) is 0. The lowest BCUT2D eigenvalue weighted by Crippen LogP contribution is -2.46. The van der Waals surface area contributed by atoms with Crippen molar-refractivity contribution in [2.24, 2.45) is 0 Å². The monoisotopic (exact) mass is 329 g/mol. The molecule has 5 nitrogen and oxygen atoms in total. The zero-order valence-corrected chi connectivity index (χ0v) is 13.4. The van der Waals surface area contributed by atoms with E-state index < -0.39 is 0 Å². The molecule has 2 aromatic rings. The van der Waals surface area contributed by atoms with Crippen molar-refractivity contribution in [1.29, 1.82) is 0 Å². The maximum absolute atomic E-state index is 12.9. The minimum absolute atomic E-state index is 0.0193. The fourth-order valence-corrected chi connectivity index (χ4v) is 2.78. The van der Waals surface area contributed by atoms with Crippen LogP contribution in [0.3, 0.4) is 0 Å². The van der Waals surface area contributed by atoms with Crippen LogP contribution in [0, 0.1) is 5.82 Å². The fraction of sp³-hybridized carbons (Fsp3) is 0.389. The van der Waals surface area contributed by atoms with Crippen molar-refractivity contribution >= 4 is 5.91 Å². The first kappa shape index (κ1) is 16.5. The van der Waals surface area contributed by atoms with E-state index in [2.05, 4.69) is 9.97 Å². The minimum atomic E-state index is -0.289. The Morgan fingerprint density at radius 2 is 2.12 bits per heavy atom. The number of benzene rings is 1. The number of nitrogens with zero attached hydrogens (tertiary/aromatic N) is 3. The van der Waals surface area contributed by atoms with Gasteiger partial charge < -0.3 is 9.64 Å². The van der Waals surface area contributed by atoms with Gasteiger partial charge in [0.25, 0.3) is 0 Å². The number of aromatic nitrogens is 2. The summed E-state index contributed by atoms with van der Waals surface area (Å²) < 4.78 is 18.7. The van der Waals surface area contributed by atoms with E-state index in [0.717, 1.165) is 24.1 Å². The van der Waals surface area contributed by atoms with Crippen molar-refractivity contribution in [3.05, 3.63) is 59.9 Å². The molecule has 1 fully saturated rings. The Balaban J connectivity index is 1.51. The van der Waals surface area contributed by atoms with Crippen LogP contribution in [0.1, 0.15) is 17.7 Å². The largest absolute Gasteiger partial charge is 0.375 e. The van der Waals surface area contributed by atoms with E-state index in [0.29, 0.717) is 26.1 Å². The fourth-order valence-electron chi connectivity index (χ4n) is 2.78. The lowest BCUT2D eigenvalue weighted by Gasteiger charge is -2.33. The van der Waals surface area contributed by atoms with Crippen LogP contribution in [0.5, 0.6) is 0 Å². The molecule has 0 bridgehead atoms. The van der Waals surface area contributed by atoms with Crippen LogP contribution in [-0.2, 0) is 22.4 Å². The molecule has 1 aromatic heterocycles. The maximum atomic E-state index is 12.9. The van der Waals surface area contributed by atoms with E-state index >= 15 is 0 Å². The molecule has 0 saturated carbocycles. The molecule has 1 saturated heterocycles. The number of amides is 1. The molecule has 3 rings (SSSR count). The molecule has 24 heavy (non-hydrogen) atoms. The highest BCUT2D eigenvalue weighted by molar-refractivity contribution is 5.78. The second-order valence-corrected chi connectivity index (χ2v) is 5.88. The van der Waals surface area contributed by atoms with Crippen LogP contribution in [0.4, 0.5) is 4.39 Å². The molecule has 1 aromatic carbocycles.